The number of fused-ring (bicyclic) bond motifs is 3. The Labute approximate surface area is 128 Å². The molecule has 0 amide bonds. The highest BCUT2D eigenvalue weighted by Gasteiger charge is 2.31. The first-order valence-corrected chi connectivity index (χ1v) is 6.43. The first-order chi connectivity index (χ1) is 8.08. The summed E-state index contributed by atoms with van der Waals surface area (Å²) in [6.45, 7) is 7.04. The third kappa shape index (κ3) is 3.71. The van der Waals surface area contributed by atoms with Crippen molar-refractivity contribution >= 4 is 29.9 Å². The SMILES string of the molecule is CN(C)C(=NCC1CN2CCN1CC2)N(C)C.I. The van der Waals surface area contributed by atoms with Crippen molar-refractivity contribution in [2.45, 2.75) is 6.04 Å². The predicted octanol–water partition coefficient (Wildman–Crippen LogP) is 0.0834. The molecule has 0 saturated carbocycles. The normalized spacial score (nSPS) is 29.4. The lowest BCUT2D eigenvalue weighted by Gasteiger charge is -2.47. The molecule has 3 rings (SSSR count). The van der Waals surface area contributed by atoms with E-state index in [0.29, 0.717) is 6.04 Å². The van der Waals surface area contributed by atoms with Gasteiger partial charge in [0, 0.05) is 67.0 Å². The molecule has 3 saturated heterocycles. The monoisotopic (exact) mass is 367 g/mol. The van der Waals surface area contributed by atoms with Gasteiger partial charge in [-0.05, 0) is 0 Å². The molecule has 0 N–H and O–H groups in total. The lowest BCUT2D eigenvalue weighted by atomic mass is 10.1. The van der Waals surface area contributed by atoms with Crippen LogP contribution in [0, 0.1) is 0 Å². The van der Waals surface area contributed by atoms with Crippen LogP contribution in [0.5, 0.6) is 0 Å². The molecule has 2 bridgehead atoms. The minimum atomic E-state index is 0. The van der Waals surface area contributed by atoms with E-state index in [9.17, 15) is 0 Å². The van der Waals surface area contributed by atoms with Crippen molar-refractivity contribution in [2.75, 3.05) is 67.5 Å². The molecule has 0 aromatic heterocycles. The number of nitrogens with zero attached hydrogens (tertiary/aromatic N) is 5. The highest BCUT2D eigenvalue weighted by molar-refractivity contribution is 14.0. The summed E-state index contributed by atoms with van der Waals surface area (Å²) in [5, 5.41) is 0. The molecule has 0 aromatic carbocycles. The molecule has 3 heterocycles. The van der Waals surface area contributed by atoms with Crippen LogP contribution in [0.3, 0.4) is 0 Å². The number of guanidine groups is 1. The van der Waals surface area contributed by atoms with Gasteiger partial charge in [0.2, 0.25) is 0 Å². The second-order valence-corrected chi connectivity index (χ2v) is 5.42. The van der Waals surface area contributed by atoms with E-state index in [1.165, 1.54) is 32.7 Å². The molecule has 0 aliphatic carbocycles. The molecule has 5 nitrogen and oxygen atoms in total. The zero-order valence-electron chi connectivity index (χ0n) is 12.0. The standard InChI is InChI=1S/C12H25N5.HI/c1-14(2)12(15(3)4)13-9-11-10-16-5-7-17(11)8-6-16;/h11H,5-10H2,1-4H3;1H. The summed E-state index contributed by atoms with van der Waals surface area (Å²) in [4.78, 5) is 14.1. The van der Waals surface area contributed by atoms with Gasteiger partial charge in [-0.15, -0.1) is 24.0 Å². The van der Waals surface area contributed by atoms with Crippen molar-refractivity contribution in [2.24, 2.45) is 4.99 Å². The molecule has 3 aliphatic heterocycles. The van der Waals surface area contributed by atoms with Gasteiger partial charge >= 0.3 is 0 Å². The van der Waals surface area contributed by atoms with Crippen LogP contribution in [0.1, 0.15) is 0 Å². The summed E-state index contributed by atoms with van der Waals surface area (Å²) in [6, 6.07) is 0.618. The summed E-state index contributed by atoms with van der Waals surface area (Å²) < 4.78 is 0. The van der Waals surface area contributed by atoms with Gasteiger partial charge in [0.1, 0.15) is 0 Å². The minimum absolute atomic E-state index is 0. The second-order valence-electron chi connectivity index (χ2n) is 5.42. The first kappa shape index (κ1) is 16.0. The summed E-state index contributed by atoms with van der Waals surface area (Å²) in [7, 11) is 8.20. The Balaban J connectivity index is 0.00000162. The van der Waals surface area contributed by atoms with E-state index >= 15 is 0 Å². The van der Waals surface area contributed by atoms with Gasteiger partial charge in [0.05, 0.1) is 6.54 Å². The van der Waals surface area contributed by atoms with Gasteiger partial charge in [-0.25, -0.2) is 0 Å². The average molecular weight is 367 g/mol. The van der Waals surface area contributed by atoms with Crippen LogP contribution >= 0.6 is 24.0 Å². The van der Waals surface area contributed by atoms with Crippen LogP contribution in [0.15, 0.2) is 4.99 Å². The van der Waals surface area contributed by atoms with E-state index in [1.54, 1.807) is 0 Å². The summed E-state index contributed by atoms with van der Waals surface area (Å²) in [5.41, 5.74) is 0. The van der Waals surface area contributed by atoms with E-state index in [2.05, 4.69) is 47.8 Å². The maximum Gasteiger partial charge on any atom is 0.195 e. The van der Waals surface area contributed by atoms with E-state index in [1.807, 2.05) is 0 Å². The van der Waals surface area contributed by atoms with Crippen LogP contribution in [0.4, 0.5) is 0 Å². The number of piperazine rings is 3. The smallest absolute Gasteiger partial charge is 0.195 e. The van der Waals surface area contributed by atoms with Crippen LogP contribution in [0.2, 0.25) is 0 Å². The van der Waals surface area contributed by atoms with E-state index < -0.39 is 0 Å². The first-order valence-electron chi connectivity index (χ1n) is 6.43. The van der Waals surface area contributed by atoms with Gasteiger partial charge in [-0.1, -0.05) is 0 Å². The predicted molar refractivity (Wildman–Crippen MR) is 86.9 cm³/mol. The number of rotatable bonds is 2. The summed E-state index contributed by atoms with van der Waals surface area (Å²) >= 11 is 0. The lowest BCUT2D eigenvalue weighted by Crippen LogP contribution is -2.61. The number of halogens is 1. The quantitative estimate of drug-likeness (QED) is 0.392. The Bertz CT molecular complexity index is 274. The molecule has 3 aliphatic rings. The lowest BCUT2D eigenvalue weighted by molar-refractivity contribution is 0.0173. The van der Waals surface area contributed by atoms with Crippen molar-refractivity contribution in [3.8, 4) is 0 Å². The molecule has 0 radical (unpaired) electrons. The van der Waals surface area contributed by atoms with Crippen LogP contribution in [-0.4, -0.2) is 99.1 Å². The summed E-state index contributed by atoms with van der Waals surface area (Å²) in [5.74, 6) is 1.06. The Kier molecular flexibility index (Phi) is 6.13. The van der Waals surface area contributed by atoms with E-state index in [-0.39, 0.29) is 24.0 Å². The zero-order chi connectivity index (χ0) is 12.4. The van der Waals surface area contributed by atoms with Gasteiger partial charge in [0.25, 0.3) is 0 Å². The number of aliphatic imine (C=N–C) groups is 1. The maximum absolute atomic E-state index is 4.77. The third-order valence-electron chi connectivity index (χ3n) is 3.64. The molecule has 1 unspecified atom stereocenters. The van der Waals surface area contributed by atoms with Gasteiger partial charge in [-0.3, -0.25) is 14.8 Å². The molecule has 106 valence electrons. The second kappa shape index (κ2) is 6.91. The Morgan fingerprint density at radius 3 is 2.00 bits per heavy atom. The van der Waals surface area contributed by atoms with Gasteiger partial charge in [-0.2, -0.15) is 0 Å². The maximum atomic E-state index is 4.77. The fraction of sp³-hybridized carbons (Fsp3) is 0.917. The topological polar surface area (TPSA) is 25.3 Å². The largest absolute Gasteiger partial charge is 0.349 e. The number of hydrogen-bond donors (Lipinski definition) is 0. The molecule has 3 fully saturated rings. The van der Waals surface area contributed by atoms with Gasteiger partial charge in [0.15, 0.2) is 5.96 Å². The number of hydrogen-bond acceptors (Lipinski definition) is 3. The third-order valence-corrected chi connectivity index (χ3v) is 3.64. The van der Waals surface area contributed by atoms with Crippen molar-refractivity contribution in [3.63, 3.8) is 0 Å². The van der Waals surface area contributed by atoms with Crippen LogP contribution in [0.25, 0.3) is 0 Å². The molecular formula is C12H26IN5. The minimum Gasteiger partial charge on any atom is -0.349 e. The highest BCUT2D eigenvalue weighted by atomic mass is 127. The Morgan fingerprint density at radius 1 is 1.06 bits per heavy atom. The van der Waals surface area contributed by atoms with Crippen molar-refractivity contribution in [1.82, 2.24) is 19.6 Å². The van der Waals surface area contributed by atoms with Crippen molar-refractivity contribution in [3.05, 3.63) is 0 Å². The van der Waals surface area contributed by atoms with Crippen molar-refractivity contribution in [1.29, 1.82) is 0 Å². The van der Waals surface area contributed by atoms with Gasteiger partial charge < -0.3 is 9.80 Å². The molecule has 0 spiro atoms. The fourth-order valence-electron chi connectivity index (χ4n) is 2.77. The van der Waals surface area contributed by atoms with E-state index in [0.717, 1.165) is 12.5 Å². The van der Waals surface area contributed by atoms with E-state index in [4.69, 9.17) is 4.99 Å². The molecule has 1 atom stereocenters. The van der Waals surface area contributed by atoms with Crippen molar-refractivity contribution < 1.29 is 0 Å². The van der Waals surface area contributed by atoms with Crippen LogP contribution < -0.4 is 0 Å². The Morgan fingerprint density at radius 2 is 1.61 bits per heavy atom. The molecular weight excluding hydrogens is 341 g/mol. The summed E-state index contributed by atoms with van der Waals surface area (Å²) in [6.07, 6.45) is 0. The fourth-order valence-corrected chi connectivity index (χ4v) is 2.77. The Hall–Kier alpha value is -0.0800. The molecule has 6 heteroatoms. The zero-order valence-corrected chi connectivity index (χ0v) is 14.3. The molecule has 18 heavy (non-hydrogen) atoms. The van der Waals surface area contributed by atoms with Crippen LogP contribution in [-0.2, 0) is 0 Å². The average Bonchev–Trinajstić information content (AvgIpc) is 2.30. The molecule has 0 aromatic rings. The highest BCUT2D eigenvalue weighted by Crippen LogP contribution is 2.15.